The van der Waals surface area contributed by atoms with Crippen LogP contribution in [0.3, 0.4) is 0 Å². The zero-order valence-corrected chi connectivity index (χ0v) is 12.6. The SMILES string of the molecule is Oc1c(-c2ccccc2)n[nH]c1-c1nc2ccc(C(F)(F)F)cc2[nH]1. The van der Waals surface area contributed by atoms with E-state index < -0.39 is 11.7 Å². The van der Waals surface area contributed by atoms with E-state index in [2.05, 4.69) is 20.2 Å². The van der Waals surface area contributed by atoms with E-state index >= 15 is 0 Å². The van der Waals surface area contributed by atoms with Crippen molar-refractivity contribution >= 4 is 11.0 Å². The number of hydrogen-bond acceptors (Lipinski definition) is 3. The van der Waals surface area contributed by atoms with Crippen molar-refractivity contribution in [2.45, 2.75) is 6.18 Å². The van der Waals surface area contributed by atoms with Gasteiger partial charge in [-0.3, -0.25) is 5.10 Å². The van der Waals surface area contributed by atoms with Crippen LogP contribution in [0.4, 0.5) is 13.2 Å². The van der Waals surface area contributed by atoms with Gasteiger partial charge in [0, 0.05) is 5.56 Å². The number of rotatable bonds is 2. The van der Waals surface area contributed by atoms with Crippen molar-refractivity contribution in [1.82, 2.24) is 20.2 Å². The van der Waals surface area contributed by atoms with Crippen molar-refractivity contribution in [3.63, 3.8) is 0 Å². The summed E-state index contributed by atoms with van der Waals surface area (Å²) in [7, 11) is 0. The summed E-state index contributed by atoms with van der Waals surface area (Å²) in [6.07, 6.45) is -4.43. The van der Waals surface area contributed by atoms with Crippen LogP contribution in [0.1, 0.15) is 5.56 Å². The van der Waals surface area contributed by atoms with Crippen LogP contribution in [0.25, 0.3) is 33.8 Å². The first kappa shape index (κ1) is 15.3. The van der Waals surface area contributed by atoms with E-state index in [1.165, 1.54) is 6.07 Å². The van der Waals surface area contributed by atoms with Crippen molar-refractivity contribution in [2.24, 2.45) is 0 Å². The number of nitrogens with one attached hydrogen (secondary N) is 2. The largest absolute Gasteiger partial charge is 0.504 e. The molecule has 25 heavy (non-hydrogen) atoms. The van der Waals surface area contributed by atoms with Gasteiger partial charge in [0.1, 0.15) is 11.4 Å². The van der Waals surface area contributed by atoms with Gasteiger partial charge >= 0.3 is 6.18 Å². The average molecular weight is 344 g/mol. The highest BCUT2D eigenvalue weighted by molar-refractivity contribution is 5.82. The second-order valence-corrected chi connectivity index (χ2v) is 5.48. The minimum atomic E-state index is -4.43. The average Bonchev–Trinajstić information content (AvgIpc) is 3.17. The number of alkyl halides is 3. The number of hydrogen-bond donors (Lipinski definition) is 3. The normalized spacial score (nSPS) is 12.0. The first-order chi connectivity index (χ1) is 11.9. The molecule has 8 heteroatoms. The fourth-order valence-corrected chi connectivity index (χ4v) is 2.60. The Balaban J connectivity index is 1.79. The number of imidazole rings is 1. The maximum absolute atomic E-state index is 12.8. The van der Waals surface area contributed by atoms with E-state index in [1.54, 1.807) is 12.1 Å². The Morgan fingerprint density at radius 2 is 1.76 bits per heavy atom. The van der Waals surface area contributed by atoms with Crippen LogP contribution in [-0.4, -0.2) is 25.3 Å². The molecule has 0 unspecified atom stereocenters. The summed E-state index contributed by atoms with van der Waals surface area (Å²) in [5.41, 5.74) is 1.07. The molecule has 0 atom stereocenters. The van der Waals surface area contributed by atoms with Gasteiger partial charge in [0.2, 0.25) is 0 Å². The van der Waals surface area contributed by atoms with Crippen LogP contribution in [0, 0.1) is 0 Å². The molecule has 2 heterocycles. The number of aromatic amines is 2. The summed E-state index contributed by atoms with van der Waals surface area (Å²) in [5.74, 6) is 0.0859. The fraction of sp³-hybridized carbons (Fsp3) is 0.0588. The molecule has 0 aliphatic rings. The molecule has 0 amide bonds. The molecule has 0 aliphatic carbocycles. The molecule has 4 rings (SSSR count). The number of halogens is 3. The fourth-order valence-electron chi connectivity index (χ4n) is 2.60. The summed E-state index contributed by atoms with van der Waals surface area (Å²) in [5, 5.41) is 17.2. The van der Waals surface area contributed by atoms with E-state index in [-0.39, 0.29) is 22.8 Å². The molecule has 4 aromatic rings. The Labute approximate surface area is 139 Å². The van der Waals surface area contributed by atoms with Gasteiger partial charge < -0.3 is 10.1 Å². The van der Waals surface area contributed by atoms with Crippen molar-refractivity contribution in [1.29, 1.82) is 0 Å². The third kappa shape index (κ3) is 2.61. The van der Waals surface area contributed by atoms with Crippen LogP contribution >= 0.6 is 0 Å². The first-order valence-corrected chi connectivity index (χ1v) is 7.33. The number of H-pyrrole nitrogens is 2. The van der Waals surface area contributed by atoms with E-state index in [4.69, 9.17) is 0 Å². The molecule has 0 radical (unpaired) electrons. The molecule has 0 bridgehead atoms. The van der Waals surface area contributed by atoms with E-state index in [9.17, 15) is 18.3 Å². The molecule has 2 aromatic carbocycles. The Morgan fingerprint density at radius 1 is 1.00 bits per heavy atom. The summed E-state index contributed by atoms with van der Waals surface area (Å²) < 4.78 is 38.4. The molecular weight excluding hydrogens is 333 g/mol. The number of aromatic nitrogens is 4. The molecule has 0 aliphatic heterocycles. The Kier molecular flexibility index (Phi) is 3.28. The van der Waals surface area contributed by atoms with E-state index in [1.807, 2.05) is 18.2 Å². The first-order valence-electron chi connectivity index (χ1n) is 7.33. The van der Waals surface area contributed by atoms with Crippen LogP contribution < -0.4 is 0 Å². The molecule has 3 N–H and O–H groups in total. The lowest BCUT2D eigenvalue weighted by Crippen LogP contribution is -2.04. The Bertz CT molecular complexity index is 1050. The number of fused-ring (bicyclic) bond motifs is 1. The minimum absolute atomic E-state index is 0.124. The van der Waals surface area contributed by atoms with Gasteiger partial charge in [0.25, 0.3) is 0 Å². The quantitative estimate of drug-likeness (QED) is 0.506. The summed E-state index contributed by atoms with van der Waals surface area (Å²) in [6.45, 7) is 0. The van der Waals surface area contributed by atoms with Crippen LogP contribution in [0.15, 0.2) is 48.5 Å². The van der Waals surface area contributed by atoms with Gasteiger partial charge in [-0.05, 0) is 18.2 Å². The lowest BCUT2D eigenvalue weighted by Gasteiger charge is -2.05. The standard InChI is InChI=1S/C17H11F3N4O/c18-17(19,20)10-6-7-11-12(8-10)22-16(21-11)14-15(25)13(23-24-14)9-4-2-1-3-5-9/h1-8,25H,(H,21,22)(H,23,24). The van der Waals surface area contributed by atoms with E-state index in [0.29, 0.717) is 16.8 Å². The highest BCUT2D eigenvalue weighted by Gasteiger charge is 2.31. The molecule has 2 aromatic heterocycles. The topological polar surface area (TPSA) is 77.6 Å². The highest BCUT2D eigenvalue weighted by atomic mass is 19.4. The van der Waals surface area contributed by atoms with E-state index in [0.717, 1.165) is 12.1 Å². The number of nitrogens with zero attached hydrogens (tertiary/aromatic N) is 2. The molecule has 0 saturated carbocycles. The molecule has 0 spiro atoms. The lowest BCUT2D eigenvalue weighted by atomic mass is 10.1. The highest BCUT2D eigenvalue weighted by Crippen LogP contribution is 2.36. The lowest BCUT2D eigenvalue weighted by molar-refractivity contribution is -0.137. The smallest absolute Gasteiger partial charge is 0.416 e. The number of benzene rings is 2. The Morgan fingerprint density at radius 3 is 2.48 bits per heavy atom. The Hall–Kier alpha value is -3.29. The molecule has 0 fully saturated rings. The maximum Gasteiger partial charge on any atom is 0.416 e. The zero-order chi connectivity index (χ0) is 17.6. The van der Waals surface area contributed by atoms with Crippen molar-refractivity contribution < 1.29 is 18.3 Å². The van der Waals surface area contributed by atoms with Crippen LogP contribution in [0.2, 0.25) is 0 Å². The molecule has 5 nitrogen and oxygen atoms in total. The zero-order valence-electron chi connectivity index (χ0n) is 12.6. The van der Waals surface area contributed by atoms with Crippen molar-refractivity contribution in [3.8, 4) is 28.5 Å². The van der Waals surface area contributed by atoms with Gasteiger partial charge in [-0.25, -0.2) is 4.98 Å². The predicted octanol–water partition coefficient (Wildman–Crippen LogP) is 4.34. The monoisotopic (exact) mass is 344 g/mol. The van der Waals surface area contributed by atoms with Crippen LogP contribution in [0.5, 0.6) is 5.75 Å². The second kappa shape index (κ2) is 5.37. The minimum Gasteiger partial charge on any atom is -0.504 e. The summed E-state index contributed by atoms with van der Waals surface area (Å²) >= 11 is 0. The summed E-state index contributed by atoms with van der Waals surface area (Å²) in [6, 6.07) is 12.3. The van der Waals surface area contributed by atoms with Gasteiger partial charge in [-0.1, -0.05) is 30.3 Å². The maximum atomic E-state index is 12.8. The van der Waals surface area contributed by atoms with Gasteiger partial charge in [0.05, 0.1) is 16.6 Å². The van der Waals surface area contributed by atoms with Crippen molar-refractivity contribution in [2.75, 3.05) is 0 Å². The third-order valence-corrected chi connectivity index (χ3v) is 3.83. The summed E-state index contributed by atoms with van der Waals surface area (Å²) in [4.78, 5) is 7.01. The second-order valence-electron chi connectivity index (χ2n) is 5.48. The third-order valence-electron chi connectivity index (χ3n) is 3.83. The molecule has 0 saturated heterocycles. The molecular formula is C17H11F3N4O. The van der Waals surface area contributed by atoms with Crippen molar-refractivity contribution in [3.05, 3.63) is 54.1 Å². The number of aromatic hydroxyl groups is 1. The van der Waals surface area contributed by atoms with Gasteiger partial charge in [0.15, 0.2) is 11.6 Å². The van der Waals surface area contributed by atoms with Gasteiger partial charge in [-0.15, -0.1) is 0 Å². The van der Waals surface area contributed by atoms with Gasteiger partial charge in [-0.2, -0.15) is 18.3 Å². The van der Waals surface area contributed by atoms with Crippen LogP contribution in [-0.2, 0) is 6.18 Å². The predicted molar refractivity (Wildman–Crippen MR) is 85.8 cm³/mol. The molecule has 126 valence electrons.